The summed E-state index contributed by atoms with van der Waals surface area (Å²) in [5, 5.41) is 4.11. The van der Waals surface area contributed by atoms with Crippen LogP contribution in [-0.4, -0.2) is 11.6 Å². The summed E-state index contributed by atoms with van der Waals surface area (Å²) < 4.78 is 12.9. The number of rotatable bonds is 4. The van der Waals surface area contributed by atoms with Crippen molar-refractivity contribution >= 4 is 11.6 Å². The molecule has 2 aromatic rings. The maximum atomic E-state index is 12.9. The van der Waals surface area contributed by atoms with Gasteiger partial charge in [0.25, 0.3) is 5.91 Å². The first-order valence-corrected chi connectivity index (χ1v) is 6.38. The number of carbonyl (C=O) groups is 1. The number of amides is 1. The van der Waals surface area contributed by atoms with Crippen molar-refractivity contribution in [1.29, 1.82) is 0 Å². The molecule has 4 heteroatoms. The average molecular weight is 270 g/mol. The van der Waals surface area contributed by atoms with E-state index in [1.165, 1.54) is 12.1 Å². The lowest BCUT2D eigenvalue weighted by Crippen LogP contribution is -2.19. The Hall–Kier alpha value is -2.49. The Bertz CT molecular complexity index is 606. The van der Waals surface area contributed by atoms with Crippen LogP contribution >= 0.6 is 0 Å². The van der Waals surface area contributed by atoms with Crippen LogP contribution in [0.4, 0.5) is 4.39 Å². The van der Waals surface area contributed by atoms with Crippen molar-refractivity contribution in [2.45, 2.75) is 13.3 Å². The first-order chi connectivity index (χ1) is 9.70. The lowest BCUT2D eigenvalue weighted by Gasteiger charge is -2.05. The Balaban J connectivity index is 2.12. The number of nitrogens with zero attached hydrogens (tertiary/aromatic N) is 1. The summed E-state index contributed by atoms with van der Waals surface area (Å²) in [5.74, 6) is -0.559. The van der Waals surface area contributed by atoms with Gasteiger partial charge in [0.05, 0.1) is 5.71 Å². The molecule has 3 nitrogen and oxygen atoms in total. The summed E-state index contributed by atoms with van der Waals surface area (Å²) in [6.07, 6.45) is 0.640. The van der Waals surface area contributed by atoms with E-state index >= 15 is 0 Å². The zero-order valence-electron chi connectivity index (χ0n) is 11.1. The second kappa shape index (κ2) is 6.61. The number of hydrazone groups is 1. The van der Waals surface area contributed by atoms with E-state index in [1.54, 1.807) is 36.4 Å². The van der Waals surface area contributed by atoms with Gasteiger partial charge in [-0.3, -0.25) is 4.79 Å². The van der Waals surface area contributed by atoms with Crippen molar-refractivity contribution in [3.8, 4) is 0 Å². The van der Waals surface area contributed by atoms with Crippen LogP contribution in [-0.2, 0) is 0 Å². The van der Waals surface area contributed by atoms with Crippen molar-refractivity contribution in [1.82, 2.24) is 5.43 Å². The molecule has 102 valence electrons. The van der Waals surface area contributed by atoms with Gasteiger partial charge in [0, 0.05) is 5.56 Å². The van der Waals surface area contributed by atoms with Gasteiger partial charge in [-0.1, -0.05) is 37.3 Å². The van der Waals surface area contributed by atoms with Gasteiger partial charge >= 0.3 is 0 Å². The van der Waals surface area contributed by atoms with Crippen LogP contribution in [0.15, 0.2) is 59.7 Å². The van der Waals surface area contributed by atoms with Gasteiger partial charge in [-0.25, -0.2) is 9.82 Å². The smallest absolute Gasteiger partial charge is 0.267 e. The fraction of sp³-hybridized carbons (Fsp3) is 0.125. The van der Waals surface area contributed by atoms with E-state index in [9.17, 15) is 9.18 Å². The zero-order valence-corrected chi connectivity index (χ0v) is 11.1. The van der Waals surface area contributed by atoms with E-state index in [-0.39, 0.29) is 11.7 Å². The molecule has 1 amide bonds. The highest BCUT2D eigenvalue weighted by molar-refractivity contribution is 6.02. The summed E-state index contributed by atoms with van der Waals surface area (Å²) in [4.78, 5) is 11.9. The zero-order chi connectivity index (χ0) is 14.4. The molecule has 0 saturated carbocycles. The molecule has 0 spiro atoms. The van der Waals surface area contributed by atoms with Crippen LogP contribution < -0.4 is 5.43 Å². The van der Waals surface area contributed by atoms with Crippen molar-refractivity contribution in [2.75, 3.05) is 0 Å². The van der Waals surface area contributed by atoms with Crippen molar-refractivity contribution in [3.05, 3.63) is 71.5 Å². The molecule has 0 saturated heterocycles. The molecule has 1 N–H and O–H groups in total. The number of carbonyl (C=O) groups excluding carboxylic acids is 1. The third kappa shape index (κ3) is 3.51. The summed E-state index contributed by atoms with van der Waals surface area (Å²) in [6, 6.07) is 14.9. The van der Waals surface area contributed by atoms with Crippen LogP contribution in [0.5, 0.6) is 0 Å². The molecule has 0 aromatic heterocycles. The maximum Gasteiger partial charge on any atom is 0.271 e. The topological polar surface area (TPSA) is 41.5 Å². The van der Waals surface area contributed by atoms with E-state index in [0.29, 0.717) is 17.7 Å². The molecule has 0 aliphatic carbocycles. The van der Waals surface area contributed by atoms with E-state index in [0.717, 1.165) is 5.56 Å². The minimum atomic E-state index is -0.294. The van der Waals surface area contributed by atoms with E-state index in [2.05, 4.69) is 10.5 Å². The lowest BCUT2D eigenvalue weighted by molar-refractivity contribution is 0.0955. The molecule has 2 rings (SSSR count). The van der Waals surface area contributed by atoms with Gasteiger partial charge in [0.1, 0.15) is 5.82 Å². The third-order valence-corrected chi connectivity index (χ3v) is 2.84. The Morgan fingerprint density at radius 2 is 1.70 bits per heavy atom. The minimum Gasteiger partial charge on any atom is -0.267 e. The molecule has 0 unspecified atom stereocenters. The summed E-state index contributed by atoms with van der Waals surface area (Å²) >= 11 is 0. The standard InChI is InChI=1S/C16H15FN2O/c1-2-15(12-8-10-14(17)11-9-12)18-19-16(20)13-6-4-3-5-7-13/h3-11H,2H2,1H3,(H,19,20). The van der Waals surface area contributed by atoms with Gasteiger partial charge in [-0.05, 0) is 36.2 Å². The number of hydrogen-bond donors (Lipinski definition) is 1. The van der Waals surface area contributed by atoms with Crippen LogP contribution in [0.3, 0.4) is 0 Å². The van der Waals surface area contributed by atoms with Gasteiger partial charge in [0.2, 0.25) is 0 Å². The Labute approximate surface area is 117 Å². The maximum absolute atomic E-state index is 12.9. The van der Waals surface area contributed by atoms with Gasteiger partial charge in [-0.2, -0.15) is 5.10 Å². The fourth-order valence-electron chi connectivity index (χ4n) is 1.76. The molecule has 0 bridgehead atoms. The molecule has 0 aliphatic rings. The number of hydrogen-bond acceptors (Lipinski definition) is 2. The SMILES string of the molecule is CCC(=NNC(=O)c1ccccc1)c1ccc(F)cc1. The Kier molecular flexibility index (Phi) is 4.60. The summed E-state index contributed by atoms with van der Waals surface area (Å²) in [5.41, 5.74) is 4.56. The first-order valence-electron chi connectivity index (χ1n) is 6.38. The van der Waals surface area contributed by atoms with Crippen LogP contribution in [0.25, 0.3) is 0 Å². The quantitative estimate of drug-likeness (QED) is 0.671. The highest BCUT2D eigenvalue weighted by Crippen LogP contribution is 2.07. The number of halogens is 1. The van der Waals surface area contributed by atoms with Crippen molar-refractivity contribution in [2.24, 2.45) is 5.10 Å². The van der Waals surface area contributed by atoms with E-state index in [4.69, 9.17) is 0 Å². The van der Waals surface area contributed by atoms with Gasteiger partial charge in [-0.15, -0.1) is 0 Å². The average Bonchev–Trinajstić information content (AvgIpc) is 2.50. The Morgan fingerprint density at radius 1 is 1.05 bits per heavy atom. The summed E-state index contributed by atoms with van der Waals surface area (Å²) in [6.45, 7) is 1.93. The predicted octanol–water partition coefficient (Wildman–Crippen LogP) is 3.37. The molecule has 0 heterocycles. The normalized spacial score (nSPS) is 11.2. The van der Waals surface area contributed by atoms with Crippen LogP contribution in [0.2, 0.25) is 0 Å². The third-order valence-electron chi connectivity index (χ3n) is 2.84. The molecule has 0 fully saturated rings. The first kappa shape index (κ1) is 13.9. The lowest BCUT2D eigenvalue weighted by atomic mass is 10.1. The monoisotopic (exact) mass is 270 g/mol. The van der Waals surface area contributed by atoms with Gasteiger partial charge < -0.3 is 0 Å². The largest absolute Gasteiger partial charge is 0.271 e. The van der Waals surface area contributed by atoms with Gasteiger partial charge in [0.15, 0.2) is 0 Å². The van der Waals surface area contributed by atoms with Crippen molar-refractivity contribution < 1.29 is 9.18 Å². The van der Waals surface area contributed by atoms with Crippen LogP contribution in [0, 0.1) is 5.82 Å². The fourth-order valence-corrected chi connectivity index (χ4v) is 1.76. The number of nitrogens with one attached hydrogen (secondary N) is 1. The molecular weight excluding hydrogens is 255 g/mol. The highest BCUT2D eigenvalue weighted by Gasteiger charge is 2.05. The van der Waals surface area contributed by atoms with Crippen molar-refractivity contribution in [3.63, 3.8) is 0 Å². The molecular formula is C16H15FN2O. The number of benzene rings is 2. The minimum absolute atomic E-state index is 0.265. The molecule has 0 aliphatic heterocycles. The molecule has 0 radical (unpaired) electrons. The molecule has 20 heavy (non-hydrogen) atoms. The molecule has 0 atom stereocenters. The highest BCUT2D eigenvalue weighted by atomic mass is 19.1. The Morgan fingerprint density at radius 3 is 2.30 bits per heavy atom. The predicted molar refractivity (Wildman–Crippen MR) is 77.1 cm³/mol. The van der Waals surface area contributed by atoms with E-state index < -0.39 is 0 Å². The van der Waals surface area contributed by atoms with Crippen LogP contribution in [0.1, 0.15) is 29.3 Å². The second-order valence-electron chi connectivity index (χ2n) is 4.23. The summed E-state index contributed by atoms with van der Waals surface area (Å²) in [7, 11) is 0. The second-order valence-corrected chi connectivity index (χ2v) is 4.23. The van der Waals surface area contributed by atoms with E-state index in [1.807, 2.05) is 13.0 Å². The molecule has 2 aromatic carbocycles.